The minimum atomic E-state index is -0.404. The van der Waals surface area contributed by atoms with E-state index in [1.54, 1.807) is 54.6 Å². The highest BCUT2D eigenvalue weighted by Crippen LogP contribution is 2.28. The van der Waals surface area contributed by atoms with E-state index in [4.69, 9.17) is 14.2 Å². The lowest BCUT2D eigenvalue weighted by atomic mass is 10.2. The Morgan fingerprint density at radius 2 is 1.77 bits per heavy atom. The first-order valence-corrected chi connectivity index (χ1v) is 11.3. The molecule has 3 aromatic carbocycles. The van der Waals surface area contributed by atoms with Crippen LogP contribution in [-0.4, -0.2) is 38.4 Å². The summed E-state index contributed by atoms with van der Waals surface area (Å²) < 4.78 is 17.0. The fourth-order valence-electron chi connectivity index (χ4n) is 2.88. The molecular formula is C26H24BrN3O5. The van der Waals surface area contributed by atoms with Crippen molar-refractivity contribution in [3.05, 3.63) is 95.0 Å². The number of hydrogen-bond acceptors (Lipinski definition) is 6. The molecule has 0 spiro atoms. The van der Waals surface area contributed by atoms with Gasteiger partial charge in [-0.25, -0.2) is 5.43 Å². The molecule has 0 aromatic heterocycles. The van der Waals surface area contributed by atoms with Gasteiger partial charge in [-0.1, -0.05) is 30.9 Å². The quantitative estimate of drug-likeness (QED) is 0.208. The van der Waals surface area contributed by atoms with Crippen molar-refractivity contribution in [2.45, 2.75) is 0 Å². The van der Waals surface area contributed by atoms with E-state index in [2.05, 4.69) is 38.4 Å². The Kier molecular flexibility index (Phi) is 9.44. The van der Waals surface area contributed by atoms with Crippen LogP contribution in [0.2, 0.25) is 0 Å². The monoisotopic (exact) mass is 537 g/mol. The van der Waals surface area contributed by atoms with Gasteiger partial charge in [0.2, 0.25) is 0 Å². The number of carbonyl (C=O) groups is 2. The summed E-state index contributed by atoms with van der Waals surface area (Å²) in [7, 11) is 1.50. The minimum absolute atomic E-state index is 0.141. The number of amides is 2. The molecule has 2 N–H and O–H groups in total. The molecule has 8 nitrogen and oxygen atoms in total. The topological polar surface area (TPSA) is 98.3 Å². The Morgan fingerprint density at radius 3 is 2.49 bits per heavy atom. The Labute approximate surface area is 211 Å². The smallest absolute Gasteiger partial charge is 0.271 e. The predicted octanol–water partition coefficient (Wildman–Crippen LogP) is 4.80. The molecule has 0 aliphatic rings. The normalized spacial score (nSPS) is 10.5. The first-order chi connectivity index (χ1) is 17.0. The van der Waals surface area contributed by atoms with Gasteiger partial charge in [-0.15, -0.1) is 0 Å². The summed E-state index contributed by atoms with van der Waals surface area (Å²) in [6.07, 6.45) is 3.11. The highest BCUT2D eigenvalue weighted by molar-refractivity contribution is 9.10. The SMILES string of the molecule is C=CCOc1ccc(C(=O)N/N=C/c2ccc(OCC(=O)Nc3ccccc3)c(Br)c2)cc1OC. The highest BCUT2D eigenvalue weighted by atomic mass is 79.9. The number of ether oxygens (including phenoxy) is 3. The van der Waals surface area contributed by atoms with Crippen molar-refractivity contribution in [1.82, 2.24) is 5.43 Å². The summed E-state index contributed by atoms with van der Waals surface area (Å²) in [4.78, 5) is 24.5. The summed E-state index contributed by atoms with van der Waals surface area (Å²) in [5.41, 5.74) is 4.25. The number of para-hydroxylation sites is 1. The Hall–Kier alpha value is -4.11. The second-order valence-corrected chi connectivity index (χ2v) is 7.91. The molecule has 3 rings (SSSR count). The third kappa shape index (κ3) is 7.72. The van der Waals surface area contributed by atoms with Crippen molar-refractivity contribution < 1.29 is 23.8 Å². The fraction of sp³-hybridized carbons (Fsp3) is 0.115. The van der Waals surface area contributed by atoms with E-state index >= 15 is 0 Å². The maximum atomic E-state index is 12.4. The summed E-state index contributed by atoms with van der Waals surface area (Å²) >= 11 is 3.42. The van der Waals surface area contributed by atoms with E-state index in [0.29, 0.717) is 45.1 Å². The van der Waals surface area contributed by atoms with Crippen LogP contribution in [0.4, 0.5) is 5.69 Å². The van der Waals surface area contributed by atoms with Gasteiger partial charge in [-0.05, 0) is 70.0 Å². The minimum Gasteiger partial charge on any atom is -0.493 e. The first-order valence-electron chi connectivity index (χ1n) is 10.5. The number of benzene rings is 3. The third-order valence-corrected chi connectivity index (χ3v) is 5.15. The van der Waals surface area contributed by atoms with Crippen molar-refractivity contribution in [1.29, 1.82) is 0 Å². The molecule has 0 saturated heterocycles. The van der Waals surface area contributed by atoms with Gasteiger partial charge in [-0.3, -0.25) is 9.59 Å². The number of nitrogens with one attached hydrogen (secondary N) is 2. The molecule has 3 aromatic rings. The summed E-state index contributed by atoms with van der Waals surface area (Å²) in [5.74, 6) is 0.768. The van der Waals surface area contributed by atoms with Crippen LogP contribution in [0.5, 0.6) is 17.2 Å². The first kappa shape index (κ1) is 25.5. The van der Waals surface area contributed by atoms with E-state index < -0.39 is 5.91 Å². The van der Waals surface area contributed by atoms with Crippen LogP contribution in [0, 0.1) is 0 Å². The molecule has 0 bridgehead atoms. The standard InChI is InChI=1S/C26H24BrN3O5/c1-3-13-34-23-12-10-19(15-24(23)33-2)26(32)30-28-16-18-9-11-22(21(27)14-18)35-17-25(31)29-20-7-5-4-6-8-20/h3-12,14-16H,1,13,17H2,2H3,(H,29,31)(H,30,32)/b28-16+. The van der Waals surface area contributed by atoms with Gasteiger partial charge in [0.05, 0.1) is 17.8 Å². The summed E-state index contributed by atoms with van der Waals surface area (Å²) in [5, 5.41) is 6.76. The molecule has 0 fully saturated rings. The molecule has 0 radical (unpaired) electrons. The van der Waals surface area contributed by atoms with Gasteiger partial charge in [0.25, 0.3) is 11.8 Å². The number of hydrogen-bond donors (Lipinski definition) is 2. The van der Waals surface area contributed by atoms with Crippen molar-refractivity contribution in [2.24, 2.45) is 5.10 Å². The lowest BCUT2D eigenvalue weighted by Gasteiger charge is -2.10. The van der Waals surface area contributed by atoms with Crippen LogP contribution in [-0.2, 0) is 4.79 Å². The molecule has 0 saturated carbocycles. The molecule has 180 valence electrons. The van der Waals surface area contributed by atoms with Crippen LogP contribution in [0.3, 0.4) is 0 Å². The van der Waals surface area contributed by atoms with Gasteiger partial charge in [0.1, 0.15) is 12.4 Å². The molecule has 35 heavy (non-hydrogen) atoms. The Morgan fingerprint density at radius 1 is 1.00 bits per heavy atom. The largest absolute Gasteiger partial charge is 0.493 e. The number of anilines is 1. The molecule has 9 heteroatoms. The van der Waals surface area contributed by atoms with Crippen molar-refractivity contribution in [2.75, 3.05) is 25.6 Å². The maximum absolute atomic E-state index is 12.4. The van der Waals surface area contributed by atoms with E-state index in [1.165, 1.54) is 13.3 Å². The highest BCUT2D eigenvalue weighted by Gasteiger charge is 2.11. The van der Waals surface area contributed by atoms with Crippen molar-refractivity contribution in [3.63, 3.8) is 0 Å². The van der Waals surface area contributed by atoms with Crippen LogP contribution in [0.25, 0.3) is 0 Å². The van der Waals surface area contributed by atoms with Gasteiger partial charge >= 0.3 is 0 Å². The second-order valence-electron chi connectivity index (χ2n) is 7.06. The number of carbonyl (C=O) groups excluding carboxylic acids is 2. The van der Waals surface area contributed by atoms with Crippen LogP contribution < -0.4 is 25.0 Å². The van der Waals surface area contributed by atoms with Crippen molar-refractivity contribution >= 4 is 39.6 Å². The number of rotatable bonds is 11. The molecule has 0 heterocycles. The average molecular weight is 538 g/mol. The number of nitrogens with zero attached hydrogens (tertiary/aromatic N) is 1. The maximum Gasteiger partial charge on any atom is 0.271 e. The van der Waals surface area contributed by atoms with E-state index in [-0.39, 0.29) is 12.5 Å². The van der Waals surface area contributed by atoms with Crippen LogP contribution in [0.15, 0.2) is 89.0 Å². The van der Waals surface area contributed by atoms with E-state index in [0.717, 1.165) is 0 Å². The number of halogens is 1. The molecule has 0 aliphatic heterocycles. The lowest BCUT2D eigenvalue weighted by Crippen LogP contribution is -2.20. The van der Waals surface area contributed by atoms with Crippen molar-refractivity contribution in [3.8, 4) is 17.2 Å². The third-order valence-electron chi connectivity index (χ3n) is 4.53. The molecule has 0 aliphatic carbocycles. The van der Waals surface area contributed by atoms with Gasteiger partial charge in [0, 0.05) is 11.3 Å². The molecular weight excluding hydrogens is 514 g/mol. The van der Waals surface area contributed by atoms with E-state index in [9.17, 15) is 9.59 Å². The zero-order valence-corrected chi connectivity index (χ0v) is 20.6. The van der Waals surface area contributed by atoms with Crippen LogP contribution >= 0.6 is 15.9 Å². The molecule has 0 atom stereocenters. The fourth-order valence-corrected chi connectivity index (χ4v) is 3.39. The zero-order chi connectivity index (χ0) is 25.0. The Balaban J connectivity index is 1.54. The zero-order valence-electron chi connectivity index (χ0n) is 19.0. The van der Waals surface area contributed by atoms with Gasteiger partial charge in [-0.2, -0.15) is 5.10 Å². The summed E-state index contributed by atoms with van der Waals surface area (Å²) in [6.45, 7) is 3.79. The summed E-state index contributed by atoms with van der Waals surface area (Å²) in [6, 6.07) is 19.2. The Bertz CT molecular complexity index is 1210. The lowest BCUT2D eigenvalue weighted by molar-refractivity contribution is -0.118. The number of methoxy groups -OCH3 is 1. The predicted molar refractivity (Wildman–Crippen MR) is 138 cm³/mol. The van der Waals surface area contributed by atoms with Crippen LogP contribution in [0.1, 0.15) is 15.9 Å². The van der Waals surface area contributed by atoms with Gasteiger partial charge in [0.15, 0.2) is 18.1 Å². The van der Waals surface area contributed by atoms with Gasteiger partial charge < -0.3 is 19.5 Å². The second kappa shape index (κ2) is 13.0. The molecule has 0 unspecified atom stereocenters. The average Bonchev–Trinajstić information content (AvgIpc) is 2.87. The number of hydrazone groups is 1. The molecule has 2 amide bonds. The van der Waals surface area contributed by atoms with E-state index in [1.807, 2.05) is 18.2 Å².